The molecule has 0 aliphatic rings. The molecule has 2 heterocycles. The zero-order chi connectivity index (χ0) is 14.8. The molecule has 0 saturated heterocycles. The summed E-state index contributed by atoms with van der Waals surface area (Å²) in [6.45, 7) is 2.05. The summed E-state index contributed by atoms with van der Waals surface area (Å²) >= 11 is 11.4. The summed E-state index contributed by atoms with van der Waals surface area (Å²) in [5.74, 6) is 0. The highest BCUT2D eigenvalue weighted by Crippen LogP contribution is 2.21. The van der Waals surface area contributed by atoms with Crippen LogP contribution in [0.2, 0.25) is 10.3 Å². The van der Waals surface area contributed by atoms with E-state index in [0.717, 1.165) is 0 Å². The Bertz CT molecular complexity index is 690. The highest BCUT2D eigenvalue weighted by atomic mass is 35.5. The number of pyridine rings is 1. The highest BCUT2D eigenvalue weighted by molar-refractivity contribution is 7.89. The lowest BCUT2D eigenvalue weighted by molar-refractivity contribution is 0.493. The minimum absolute atomic E-state index is 0.117. The smallest absolute Gasteiger partial charge is 0.243 e. The van der Waals surface area contributed by atoms with Crippen molar-refractivity contribution in [2.75, 3.05) is 0 Å². The fraction of sp³-hybridized carbons (Fsp3) is 0.300. The molecule has 1 unspecified atom stereocenters. The Morgan fingerprint density at radius 3 is 2.75 bits per heavy atom. The molecule has 0 saturated carbocycles. The number of halogens is 2. The van der Waals surface area contributed by atoms with Crippen molar-refractivity contribution in [3.63, 3.8) is 0 Å². The van der Waals surface area contributed by atoms with E-state index in [9.17, 15) is 8.42 Å². The molecular weight excluding hydrogens is 325 g/mol. The van der Waals surface area contributed by atoms with Gasteiger partial charge in [-0.05, 0) is 19.1 Å². The van der Waals surface area contributed by atoms with Gasteiger partial charge in [-0.1, -0.05) is 23.2 Å². The third-order valence-corrected chi connectivity index (χ3v) is 4.59. The Kier molecular flexibility index (Phi) is 4.59. The summed E-state index contributed by atoms with van der Waals surface area (Å²) in [5.41, 5.74) is 0. The van der Waals surface area contributed by atoms with Crippen molar-refractivity contribution in [2.45, 2.75) is 24.4 Å². The lowest BCUT2D eigenvalue weighted by Gasteiger charge is -2.14. The first-order valence-electron chi connectivity index (χ1n) is 5.55. The van der Waals surface area contributed by atoms with Gasteiger partial charge in [0, 0.05) is 6.04 Å². The molecule has 1 N–H and O–H groups in total. The van der Waals surface area contributed by atoms with Crippen molar-refractivity contribution >= 4 is 33.2 Å². The monoisotopic (exact) mass is 335 g/mol. The van der Waals surface area contributed by atoms with Crippen molar-refractivity contribution in [1.29, 1.82) is 0 Å². The average Bonchev–Trinajstić information content (AvgIpc) is 2.79. The van der Waals surface area contributed by atoms with E-state index in [-0.39, 0.29) is 15.2 Å². The van der Waals surface area contributed by atoms with Crippen LogP contribution in [-0.2, 0) is 16.6 Å². The van der Waals surface area contributed by atoms with Crippen molar-refractivity contribution < 1.29 is 8.42 Å². The molecule has 0 amide bonds. The zero-order valence-electron chi connectivity index (χ0n) is 10.4. The van der Waals surface area contributed by atoms with Gasteiger partial charge in [-0.25, -0.2) is 23.1 Å². The molecule has 1 atom stereocenters. The minimum Gasteiger partial charge on any atom is -0.251 e. The van der Waals surface area contributed by atoms with Gasteiger partial charge in [0.05, 0.1) is 6.54 Å². The van der Waals surface area contributed by atoms with E-state index in [1.165, 1.54) is 29.5 Å². The minimum atomic E-state index is -3.77. The second kappa shape index (κ2) is 6.04. The van der Waals surface area contributed by atoms with Crippen LogP contribution in [0.1, 0.15) is 6.92 Å². The molecule has 0 aromatic carbocycles. The van der Waals surface area contributed by atoms with Gasteiger partial charge in [-0.15, -0.1) is 0 Å². The lowest BCUT2D eigenvalue weighted by atomic mass is 10.4. The van der Waals surface area contributed by atoms with Crippen molar-refractivity contribution in [3.05, 3.63) is 35.1 Å². The third kappa shape index (κ3) is 3.66. The van der Waals surface area contributed by atoms with Gasteiger partial charge in [0.25, 0.3) is 0 Å². The van der Waals surface area contributed by atoms with Crippen LogP contribution >= 0.6 is 23.2 Å². The number of hydrogen-bond acceptors (Lipinski definition) is 5. The predicted octanol–water partition coefficient (Wildman–Crippen LogP) is 1.35. The maximum atomic E-state index is 12.2. The molecule has 7 nitrogen and oxygen atoms in total. The summed E-state index contributed by atoms with van der Waals surface area (Å²) in [4.78, 5) is 7.37. The van der Waals surface area contributed by atoms with E-state index in [0.29, 0.717) is 6.54 Å². The van der Waals surface area contributed by atoms with Crippen LogP contribution < -0.4 is 4.72 Å². The Hall–Kier alpha value is -1.22. The third-order valence-electron chi connectivity index (χ3n) is 2.35. The first-order valence-corrected chi connectivity index (χ1v) is 7.79. The maximum absolute atomic E-state index is 12.2. The van der Waals surface area contributed by atoms with Crippen LogP contribution in [0, 0.1) is 0 Å². The molecule has 0 aliphatic heterocycles. The zero-order valence-corrected chi connectivity index (χ0v) is 12.7. The summed E-state index contributed by atoms with van der Waals surface area (Å²) < 4.78 is 28.4. The first-order chi connectivity index (χ1) is 9.38. The van der Waals surface area contributed by atoms with Gasteiger partial charge in [0.2, 0.25) is 10.0 Å². The Balaban J connectivity index is 2.14. The predicted molar refractivity (Wildman–Crippen MR) is 74.1 cm³/mol. The van der Waals surface area contributed by atoms with E-state index in [2.05, 4.69) is 19.8 Å². The van der Waals surface area contributed by atoms with Crippen LogP contribution in [0.3, 0.4) is 0 Å². The van der Waals surface area contributed by atoms with Gasteiger partial charge in [-0.3, -0.25) is 4.68 Å². The van der Waals surface area contributed by atoms with Gasteiger partial charge < -0.3 is 0 Å². The number of rotatable bonds is 5. The number of hydrogen-bond donors (Lipinski definition) is 1. The molecule has 20 heavy (non-hydrogen) atoms. The van der Waals surface area contributed by atoms with Gasteiger partial charge in [-0.2, -0.15) is 5.10 Å². The van der Waals surface area contributed by atoms with Gasteiger partial charge >= 0.3 is 0 Å². The van der Waals surface area contributed by atoms with Crippen LogP contribution in [0.5, 0.6) is 0 Å². The van der Waals surface area contributed by atoms with Crippen LogP contribution in [0.25, 0.3) is 0 Å². The molecular formula is C10H11Cl2N5O2S. The van der Waals surface area contributed by atoms with Crippen molar-refractivity contribution in [2.24, 2.45) is 0 Å². The topological polar surface area (TPSA) is 89.8 Å². The SMILES string of the molecule is CC(Cn1cncn1)NS(=O)(=O)c1ccc(Cl)nc1Cl. The second-order valence-electron chi connectivity index (χ2n) is 4.06. The highest BCUT2D eigenvalue weighted by Gasteiger charge is 2.21. The largest absolute Gasteiger partial charge is 0.251 e. The normalized spacial score (nSPS) is 13.3. The number of aromatic nitrogens is 4. The molecule has 0 fully saturated rings. The Labute approximate surface area is 126 Å². The Morgan fingerprint density at radius 1 is 1.40 bits per heavy atom. The lowest BCUT2D eigenvalue weighted by Crippen LogP contribution is -2.36. The van der Waals surface area contributed by atoms with Gasteiger partial charge in [0.1, 0.15) is 22.7 Å². The maximum Gasteiger partial charge on any atom is 0.243 e. The summed E-state index contributed by atoms with van der Waals surface area (Å²) in [5, 5.41) is 3.86. The van der Waals surface area contributed by atoms with E-state index in [1.807, 2.05) is 0 Å². The number of nitrogens with one attached hydrogen (secondary N) is 1. The molecule has 2 rings (SSSR count). The summed E-state index contributed by atoms with van der Waals surface area (Å²) in [7, 11) is -3.77. The molecule has 0 spiro atoms. The molecule has 10 heteroatoms. The van der Waals surface area contributed by atoms with Gasteiger partial charge in [0.15, 0.2) is 5.15 Å². The Morgan fingerprint density at radius 2 is 2.15 bits per heavy atom. The van der Waals surface area contributed by atoms with Crippen LogP contribution in [0.15, 0.2) is 29.7 Å². The molecule has 0 aliphatic carbocycles. The molecule has 0 bridgehead atoms. The van der Waals surface area contributed by atoms with Crippen molar-refractivity contribution in [1.82, 2.24) is 24.5 Å². The van der Waals surface area contributed by atoms with E-state index in [4.69, 9.17) is 23.2 Å². The quantitative estimate of drug-likeness (QED) is 0.833. The van der Waals surface area contributed by atoms with E-state index in [1.54, 1.807) is 6.92 Å². The van der Waals surface area contributed by atoms with Crippen LogP contribution in [0.4, 0.5) is 0 Å². The number of sulfonamides is 1. The summed E-state index contributed by atoms with van der Waals surface area (Å²) in [6.07, 6.45) is 2.88. The molecule has 108 valence electrons. The fourth-order valence-corrected chi connectivity index (χ4v) is 3.47. The fourth-order valence-electron chi connectivity index (χ4n) is 1.57. The second-order valence-corrected chi connectivity index (χ2v) is 6.49. The van der Waals surface area contributed by atoms with Crippen LogP contribution in [-0.4, -0.2) is 34.2 Å². The first kappa shape index (κ1) is 15.2. The van der Waals surface area contributed by atoms with Crippen molar-refractivity contribution in [3.8, 4) is 0 Å². The average molecular weight is 336 g/mol. The molecule has 0 radical (unpaired) electrons. The number of nitrogens with zero attached hydrogens (tertiary/aromatic N) is 4. The molecule has 2 aromatic heterocycles. The molecule has 2 aromatic rings. The van der Waals surface area contributed by atoms with E-state index >= 15 is 0 Å². The standard InChI is InChI=1S/C10H11Cl2N5O2S/c1-7(4-17-6-13-5-14-17)16-20(18,19)8-2-3-9(11)15-10(8)12/h2-3,5-7,16H,4H2,1H3. The summed E-state index contributed by atoms with van der Waals surface area (Å²) in [6, 6.07) is 2.28. The van der Waals surface area contributed by atoms with E-state index < -0.39 is 16.1 Å².